The molecule has 0 unspecified atom stereocenters. The summed E-state index contributed by atoms with van der Waals surface area (Å²) in [5.74, 6) is -3.43. The second-order valence-corrected chi connectivity index (χ2v) is 7.84. The van der Waals surface area contributed by atoms with Gasteiger partial charge in [0.25, 0.3) is 0 Å². The number of aliphatic carboxylic acids is 1. The molecule has 4 rings (SSSR count). The van der Waals surface area contributed by atoms with Gasteiger partial charge in [-0.25, -0.2) is 29.4 Å². The molecule has 0 spiro atoms. The van der Waals surface area contributed by atoms with Gasteiger partial charge in [-0.05, 0) is 30.3 Å². The van der Waals surface area contributed by atoms with Gasteiger partial charge in [0.05, 0.1) is 11.1 Å². The zero-order valence-electron chi connectivity index (χ0n) is 17.7. The Morgan fingerprint density at radius 2 is 1.89 bits per heavy atom. The van der Waals surface area contributed by atoms with Gasteiger partial charge in [0.1, 0.15) is 17.4 Å². The molecule has 12 heteroatoms. The number of benzene rings is 2. The molecule has 0 bridgehead atoms. The van der Waals surface area contributed by atoms with Crippen LogP contribution in [0, 0.1) is 5.82 Å². The van der Waals surface area contributed by atoms with Gasteiger partial charge in [-0.2, -0.15) is 0 Å². The largest absolute Gasteiger partial charge is 0.479 e. The van der Waals surface area contributed by atoms with E-state index in [0.29, 0.717) is 5.56 Å². The van der Waals surface area contributed by atoms with Crippen LogP contribution in [0.3, 0.4) is 0 Å². The van der Waals surface area contributed by atoms with Crippen molar-refractivity contribution in [2.45, 2.75) is 6.61 Å². The molecule has 0 aliphatic rings. The van der Waals surface area contributed by atoms with Gasteiger partial charge in [0.2, 0.25) is 0 Å². The number of nitrogens with zero attached hydrogens (tertiary/aromatic N) is 3. The monoisotopic (exact) mass is 516 g/mol. The molecule has 178 valence electrons. The summed E-state index contributed by atoms with van der Waals surface area (Å²) in [5.41, 5.74) is 3.21. The predicted molar refractivity (Wildman–Crippen MR) is 126 cm³/mol. The number of aromatic nitrogens is 3. The molecule has 4 aromatic rings. The van der Waals surface area contributed by atoms with Crippen molar-refractivity contribution >= 4 is 51.9 Å². The third-order valence-corrected chi connectivity index (χ3v) is 5.27. The maximum Gasteiger partial charge on any atom is 0.359 e. The fraction of sp³-hybridized carbons (Fsp3) is 0.0870. The zero-order chi connectivity index (χ0) is 24.9. The number of ether oxygens (including phenoxy) is 1. The number of fused-ring (bicyclic) bond motifs is 1. The second-order valence-electron chi connectivity index (χ2n) is 7.03. The number of anilines is 1. The molecule has 0 saturated heterocycles. The number of rotatable bonds is 8. The smallest absolute Gasteiger partial charge is 0.359 e. The standard InChI is InChI=1S/C23H15Cl2FN4O5/c24-13-5-6-15(16(26)9-13)21-28-20(19(25)22(29-21)30-35-11-18(31)32)23(33)34-10-12-7-8-27-17-4-2-1-3-14(12)17/h1-9H,10-11H2,(H,31,32)(H,28,29,30). The van der Waals surface area contributed by atoms with Crippen molar-refractivity contribution in [2.24, 2.45) is 0 Å². The molecule has 0 aliphatic carbocycles. The van der Waals surface area contributed by atoms with E-state index in [4.69, 9.17) is 37.9 Å². The summed E-state index contributed by atoms with van der Waals surface area (Å²) >= 11 is 12.1. The van der Waals surface area contributed by atoms with Gasteiger partial charge in [0, 0.05) is 22.2 Å². The number of nitrogens with one attached hydrogen (secondary N) is 1. The highest BCUT2D eigenvalue weighted by molar-refractivity contribution is 6.35. The van der Waals surface area contributed by atoms with Crippen molar-refractivity contribution in [3.63, 3.8) is 0 Å². The molecule has 0 saturated carbocycles. The summed E-state index contributed by atoms with van der Waals surface area (Å²) in [6.07, 6.45) is 1.59. The number of esters is 1. The highest BCUT2D eigenvalue weighted by Gasteiger charge is 2.23. The molecular weight excluding hydrogens is 502 g/mol. The van der Waals surface area contributed by atoms with Gasteiger partial charge < -0.3 is 9.84 Å². The van der Waals surface area contributed by atoms with Gasteiger partial charge >= 0.3 is 11.9 Å². The Morgan fingerprint density at radius 3 is 2.66 bits per heavy atom. The Kier molecular flexibility index (Phi) is 7.35. The lowest BCUT2D eigenvalue weighted by Gasteiger charge is -2.13. The lowest BCUT2D eigenvalue weighted by atomic mass is 10.1. The third-order valence-electron chi connectivity index (χ3n) is 4.68. The number of pyridine rings is 1. The van der Waals surface area contributed by atoms with Crippen LogP contribution < -0.4 is 5.48 Å². The Bertz CT molecular complexity index is 1430. The molecular formula is C23H15Cl2FN4O5. The summed E-state index contributed by atoms with van der Waals surface area (Å²) < 4.78 is 19.9. The van der Waals surface area contributed by atoms with Crippen LogP contribution in [-0.4, -0.2) is 38.6 Å². The van der Waals surface area contributed by atoms with Crippen molar-refractivity contribution < 1.29 is 28.7 Å². The van der Waals surface area contributed by atoms with E-state index < -0.39 is 24.4 Å². The van der Waals surface area contributed by atoms with Crippen molar-refractivity contribution in [1.29, 1.82) is 0 Å². The van der Waals surface area contributed by atoms with Crippen LogP contribution in [0.5, 0.6) is 0 Å². The lowest BCUT2D eigenvalue weighted by Crippen LogP contribution is -2.16. The summed E-state index contributed by atoms with van der Waals surface area (Å²) in [5, 5.41) is 9.42. The molecule has 0 aliphatic heterocycles. The van der Waals surface area contributed by atoms with Gasteiger partial charge in [-0.15, -0.1) is 0 Å². The van der Waals surface area contributed by atoms with Crippen LogP contribution in [0.15, 0.2) is 54.7 Å². The van der Waals surface area contributed by atoms with Crippen molar-refractivity contribution in [3.05, 3.63) is 81.8 Å². The van der Waals surface area contributed by atoms with Crippen molar-refractivity contribution in [2.75, 3.05) is 12.1 Å². The Labute approximate surface area is 207 Å². The number of para-hydroxylation sites is 1. The number of carboxylic acid groups (broad SMARTS) is 1. The minimum atomic E-state index is -1.27. The fourth-order valence-electron chi connectivity index (χ4n) is 3.10. The van der Waals surface area contributed by atoms with E-state index in [1.165, 1.54) is 12.1 Å². The molecule has 0 fully saturated rings. The fourth-order valence-corrected chi connectivity index (χ4v) is 3.46. The molecule has 2 aromatic heterocycles. The first-order valence-corrected chi connectivity index (χ1v) is 10.7. The maximum absolute atomic E-state index is 14.5. The number of halogens is 3. The number of carbonyl (C=O) groups is 2. The number of hydrogen-bond acceptors (Lipinski definition) is 8. The van der Waals surface area contributed by atoms with Crippen LogP contribution in [0.25, 0.3) is 22.3 Å². The van der Waals surface area contributed by atoms with Gasteiger partial charge in [-0.3, -0.25) is 9.82 Å². The van der Waals surface area contributed by atoms with Gasteiger partial charge in [0.15, 0.2) is 23.9 Å². The molecule has 0 amide bonds. The average Bonchev–Trinajstić information content (AvgIpc) is 2.83. The number of hydrogen-bond donors (Lipinski definition) is 2. The van der Waals surface area contributed by atoms with E-state index in [0.717, 1.165) is 17.0 Å². The third kappa shape index (κ3) is 5.62. The first-order valence-electron chi connectivity index (χ1n) is 9.96. The molecule has 0 radical (unpaired) electrons. The molecule has 0 atom stereocenters. The lowest BCUT2D eigenvalue weighted by molar-refractivity contribution is -0.141. The van der Waals surface area contributed by atoms with E-state index in [1.807, 2.05) is 24.3 Å². The average molecular weight is 517 g/mol. The van der Waals surface area contributed by atoms with Crippen LogP contribution in [0.4, 0.5) is 10.2 Å². The Balaban J connectivity index is 1.67. The van der Waals surface area contributed by atoms with E-state index in [9.17, 15) is 14.0 Å². The van der Waals surface area contributed by atoms with Crippen molar-refractivity contribution in [3.8, 4) is 11.4 Å². The second kappa shape index (κ2) is 10.6. The summed E-state index contributed by atoms with van der Waals surface area (Å²) in [6.45, 7) is -0.856. The maximum atomic E-state index is 14.5. The minimum Gasteiger partial charge on any atom is -0.479 e. The first-order chi connectivity index (χ1) is 16.8. The predicted octanol–water partition coefficient (Wildman–Crippen LogP) is 4.92. The summed E-state index contributed by atoms with van der Waals surface area (Å²) in [4.78, 5) is 40.9. The van der Waals surface area contributed by atoms with Gasteiger partial charge in [-0.1, -0.05) is 41.4 Å². The highest BCUT2D eigenvalue weighted by Crippen LogP contribution is 2.30. The first kappa shape index (κ1) is 24.3. The van der Waals surface area contributed by atoms with Crippen LogP contribution in [-0.2, 0) is 21.0 Å². The van der Waals surface area contributed by atoms with E-state index >= 15 is 0 Å². The number of carboxylic acids is 1. The SMILES string of the molecule is O=C(O)CONc1nc(-c2ccc(Cl)cc2F)nc(C(=O)OCc2ccnc3ccccc23)c1Cl. The van der Waals surface area contributed by atoms with E-state index in [2.05, 4.69) is 20.4 Å². The van der Waals surface area contributed by atoms with E-state index in [-0.39, 0.29) is 39.6 Å². The van der Waals surface area contributed by atoms with Crippen LogP contribution in [0.2, 0.25) is 10.0 Å². The quantitative estimate of drug-likeness (QED) is 0.248. The van der Waals surface area contributed by atoms with Crippen LogP contribution in [0.1, 0.15) is 16.1 Å². The van der Waals surface area contributed by atoms with Crippen molar-refractivity contribution in [1.82, 2.24) is 15.0 Å². The number of carbonyl (C=O) groups excluding carboxylic acids is 1. The summed E-state index contributed by atoms with van der Waals surface area (Å²) in [6, 6.07) is 12.8. The highest BCUT2D eigenvalue weighted by atomic mass is 35.5. The van der Waals surface area contributed by atoms with E-state index in [1.54, 1.807) is 12.3 Å². The normalized spacial score (nSPS) is 10.8. The minimum absolute atomic E-state index is 0.0819. The molecule has 2 N–H and O–H groups in total. The molecule has 2 heterocycles. The summed E-state index contributed by atoms with van der Waals surface area (Å²) in [7, 11) is 0. The molecule has 35 heavy (non-hydrogen) atoms. The molecule has 9 nitrogen and oxygen atoms in total. The topological polar surface area (TPSA) is 124 Å². The Morgan fingerprint density at radius 1 is 1.09 bits per heavy atom. The van der Waals surface area contributed by atoms with Crippen LogP contribution >= 0.6 is 23.2 Å². The zero-order valence-corrected chi connectivity index (χ0v) is 19.2. The molecule has 2 aromatic carbocycles. The Hall–Kier alpha value is -3.86.